The molecule has 0 amide bonds. The van der Waals surface area contributed by atoms with Crippen molar-refractivity contribution in [2.45, 2.75) is 59.1 Å². The van der Waals surface area contributed by atoms with Crippen molar-refractivity contribution in [2.75, 3.05) is 7.05 Å². The van der Waals surface area contributed by atoms with Gasteiger partial charge >= 0.3 is 0 Å². The summed E-state index contributed by atoms with van der Waals surface area (Å²) < 4.78 is 30.6. The van der Waals surface area contributed by atoms with Crippen molar-refractivity contribution >= 4 is 10.0 Å². The maximum absolute atomic E-state index is 12.8. The maximum Gasteiger partial charge on any atom is 0.246 e. The van der Waals surface area contributed by atoms with E-state index >= 15 is 0 Å². The lowest BCUT2D eigenvalue weighted by molar-refractivity contribution is 0.464. The van der Waals surface area contributed by atoms with Gasteiger partial charge in [0.1, 0.15) is 4.90 Å². The third-order valence-corrected chi connectivity index (χ3v) is 6.03. The molecule has 0 atom stereocenters. The molecule has 0 aliphatic rings. The summed E-state index contributed by atoms with van der Waals surface area (Å²) in [6.45, 7) is 11.3. The molecule has 2 rings (SSSR count). The Morgan fingerprint density at radius 2 is 1.74 bits per heavy atom. The Hall–Kier alpha value is -1.67. The summed E-state index contributed by atoms with van der Waals surface area (Å²) in [6, 6.07) is 0. The zero-order valence-corrected chi connectivity index (χ0v) is 15.5. The summed E-state index contributed by atoms with van der Waals surface area (Å²) in [4.78, 5) is 0.264. The minimum Gasteiger partial charge on any atom is -0.271 e. The first-order valence-corrected chi connectivity index (χ1v) is 9.19. The predicted octanol–water partition coefficient (Wildman–Crippen LogP) is 1.87. The van der Waals surface area contributed by atoms with Crippen LogP contribution in [0, 0.1) is 20.8 Å². The third-order valence-electron chi connectivity index (χ3n) is 4.13. The van der Waals surface area contributed by atoms with E-state index < -0.39 is 10.0 Å². The molecular formula is C15H25N5O2S. The van der Waals surface area contributed by atoms with Crippen molar-refractivity contribution in [1.82, 2.24) is 23.9 Å². The second-order valence-electron chi connectivity index (χ2n) is 5.66. The zero-order valence-electron chi connectivity index (χ0n) is 14.7. The van der Waals surface area contributed by atoms with E-state index in [1.54, 1.807) is 24.9 Å². The van der Waals surface area contributed by atoms with E-state index in [2.05, 4.69) is 10.2 Å². The first-order valence-electron chi connectivity index (χ1n) is 7.75. The normalized spacial score (nSPS) is 12.3. The van der Waals surface area contributed by atoms with Crippen molar-refractivity contribution in [3.63, 3.8) is 0 Å². The lowest BCUT2D eigenvalue weighted by atomic mass is 10.2. The van der Waals surface area contributed by atoms with E-state index in [1.165, 1.54) is 4.31 Å². The highest BCUT2D eigenvalue weighted by Gasteiger charge is 2.27. The van der Waals surface area contributed by atoms with E-state index in [0.717, 1.165) is 23.5 Å². The monoisotopic (exact) mass is 339 g/mol. The Morgan fingerprint density at radius 3 is 2.22 bits per heavy atom. The predicted molar refractivity (Wildman–Crippen MR) is 88.7 cm³/mol. The summed E-state index contributed by atoms with van der Waals surface area (Å²) in [6.07, 6.45) is 1.59. The topological polar surface area (TPSA) is 73.0 Å². The molecule has 2 aromatic heterocycles. The standard InChI is InChI=1S/C15H25N5O2S/c1-7-19-10-15(12(4)16-19)23(21,22)18(6)9-14-11(3)17-20(8-2)13(14)5/h10H,7-9H2,1-6H3. The summed E-state index contributed by atoms with van der Waals surface area (Å²) >= 11 is 0. The van der Waals surface area contributed by atoms with Crippen molar-refractivity contribution in [2.24, 2.45) is 0 Å². The van der Waals surface area contributed by atoms with Crippen LogP contribution in [0.5, 0.6) is 0 Å². The average Bonchev–Trinajstić information content (AvgIpc) is 3.01. The number of aromatic nitrogens is 4. The minimum atomic E-state index is -3.58. The molecule has 0 N–H and O–H groups in total. The Balaban J connectivity index is 2.34. The molecule has 2 aromatic rings. The highest BCUT2D eigenvalue weighted by molar-refractivity contribution is 7.89. The van der Waals surface area contributed by atoms with Gasteiger partial charge in [-0.25, -0.2) is 8.42 Å². The van der Waals surface area contributed by atoms with Crippen LogP contribution in [0.25, 0.3) is 0 Å². The van der Waals surface area contributed by atoms with Gasteiger partial charge in [-0.2, -0.15) is 14.5 Å². The fourth-order valence-electron chi connectivity index (χ4n) is 2.66. The van der Waals surface area contributed by atoms with Gasteiger partial charge in [0.15, 0.2) is 0 Å². The molecule has 8 heteroatoms. The molecule has 0 aromatic carbocycles. The van der Waals surface area contributed by atoms with Gasteiger partial charge < -0.3 is 0 Å². The molecule has 0 fully saturated rings. The number of hydrogen-bond donors (Lipinski definition) is 0. The van der Waals surface area contributed by atoms with Gasteiger partial charge in [0.05, 0.1) is 11.4 Å². The van der Waals surface area contributed by atoms with Gasteiger partial charge in [0.2, 0.25) is 10.0 Å². The number of aryl methyl sites for hydroxylation is 4. The van der Waals surface area contributed by atoms with Crippen LogP contribution < -0.4 is 0 Å². The molecule has 23 heavy (non-hydrogen) atoms. The Morgan fingerprint density at radius 1 is 1.09 bits per heavy atom. The van der Waals surface area contributed by atoms with Crippen molar-refractivity contribution in [3.8, 4) is 0 Å². The van der Waals surface area contributed by atoms with Gasteiger partial charge in [-0.1, -0.05) is 0 Å². The van der Waals surface area contributed by atoms with Crippen LogP contribution in [0.4, 0.5) is 0 Å². The lowest BCUT2D eigenvalue weighted by Crippen LogP contribution is -2.27. The highest BCUT2D eigenvalue weighted by Crippen LogP contribution is 2.22. The summed E-state index contributed by atoms with van der Waals surface area (Å²) in [5.41, 5.74) is 3.36. The van der Waals surface area contributed by atoms with Gasteiger partial charge in [-0.15, -0.1) is 0 Å². The van der Waals surface area contributed by atoms with Crippen LogP contribution in [0.1, 0.15) is 36.5 Å². The molecule has 0 aliphatic heterocycles. The van der Waals surface area contributed by atoms with Crippen LogP contribution >= 0.6 is 0 Å². The first kappa shape index (κ1) is 17.7. The molecule has 2 heterocycles. The largest absolute Gasteiger partial charge is 0.271 e. The number of rotatable bonds is 6. The molecule has 7 nitrogen and oxygen atoms in total. The van der Waals surface area contributed by atoms with Crippen LogP contribution in [0.15, 0.2) is 11.1 Å². The number of sulfonamides is 1. The highest BCUT2D eigenvalue weighted by atomic mass is 32.2. The molecule has 0 unspecified atom stereocenters. The smallest absolute Gasteiger partial charge is 0.246 e. The number of nitrogens with zero attached hydrogens (tertiary/aromatic N) is 5. The average molecular weight is 339 g/mol. The third kappa shape index (κ3) is 3.18. The van der Waals surface area contributed by atoms with Crippen LogP contribution in [0.2, 0.25) is 0 Å². The van der Waals surface area contributed by atoms with Crippen LogP contribution in [0.3, 0.4) is 0 Å². The second kappa shape index (κ2) is 6.45. The fourth-order valence-corrected chi connectivity index (χ4v) is 3.96. The van der Waals surface area contributed by atoms with Gasteiger partial charge in [0, 0.05) is 44.1 Å². The molecule has 128 valence electrons. The Kier molecular flexibility index (Phi) is 4.95. The van der Waals surface area contributed by atoms with Gasteiger partial charge in [0.25, 0.3) is 0 Å². The van der Waals surface area contributed by atoms with Crippen molar-refractivity contribution < 1.29 is 8.42 Å². The second-order valence-corrected chi connectivity index (χ2v) is 7.67. The summed E-state index contributed by atoms with van der Waals surface area (Å²) in [5, 5.41) is 8.68. The van der Waals surface area contributed by atoms with Gasteiger partial charge in [-0.3, -0.25) is 9.36 Å². The summed E-state index contributed by atoms with van der Waals surface area (Å²) in [5.74, 6) is 0. The summed E-state index contributed by atoms with van der Waals surface area (Å²) in [7, 11) is -1.98. The van der Waals surface area contributed by atoms with E-state index in [9.17, 15) is 8.42 Å². The molecular weight excluding hydrogens is 314 g/mol. The molecule has 0 saturated carbocycles. The Bertz CT molecular complexity index is 804. The molecule has 0 saturated heterocycles. The van der Waals surface area contributed by atoms with E-state index in [1.807, 2.05) is 32.4 Å². The fraction of sp³-hybridized carbons (Fsp3) is 0.600. The SMILES string of the molecule is CCn1cc(S(=O)(=O)N(C)Cc2c(C)nn(CC)c2C)c(C)n1. The molecule has 0 radical (unpaired) electrons. The zero-order chi connectivity index (χ0) is 17.4. The number of hydrogen-bond acceptors (Lipinski definition) is 4. The van der Waals surface area contributed by atoms with E-state index in [0.29, 0.717) is 18.8 Å². The van der Waals surface area contributed by atoms with E-state index in [-0.39, 0.29) is 4.90 Å². The maximum atomic E-state index is 12.8. The first-order chi connectivity index (χ1) is 10.7. The Labute approximate surface area is 138 Å². The minimum absolute atomic E-state index is 0.264. The molecule has 0 spiro atoms. The lowest BCUT2D eigenvalue weighted by Gasteiger charge is -2.17. The van der Waals surface area contributed by atoms with E-state index in [4.69, 9.17) is 0 Å². The molecule has 0 aliphatic carbocycles. The van der Waals surface area contributed by atoms with Crippen LogP contribution in [-0.4, -0.2) is 39.3 Å². The van der Waals surface area contributed by atoms with Gasteiger partial charge in [-0.05, 0) is 34.6 Å². The van der Waals surface area contributed by atoms with Crippen molar-refractivity contribution in [3.05, 3.63) is 28.8 Å². The van der Waals surface area contributed by atoms with Crippen LogP contribution in [-0.2, 0) is 29.7 Å². The quantitative estimate of drug-likeness (QED) is 0.805. The molecule has 0 bridgehead atoms. The van der Waals surface area contributed by atoms with Crippen molar-refractivity contribution in [1.29, 1.82) is 0 Å².